The smallest absolute Gasteiger partial charge is 0.405 e. The third-order valence-corrected chi connectivity index (χ3v) is 5.15. The lowest BCUT2D eigenvalue weighted by molar-refractivity contribution is -0.275. The van der Waals surface area contributed by atoms with Gasteiger partial charge in [-0.3, -0.25) is 4.57 Å². The SMILES string of the molecule is C[C@H](c1ccccc1OC(F)(F)F)n1c(=O)[nH]c2cnc(NC[C@@H]3CCNC3)nc21. The number of hydrogen-bond acceptors (Lipinski definition) is 6. The molecule has 0 bridgehead atoms. The van der Waals surface area contributed by atoms with Crippen molar-refractivity contribution in [3.8, 4) is 5.75 Å². The number of ether oxygens (including phenoxy) is 1. The number of halogens is 3. The fraction of sp³-hybridized carbons (Fsp3) is 0.421. The molecule has 1 saturated heterocycles. The Balaban J connectivity index is 1.67. The van der Waals surface area contributed by atoms with Crippen LogP contribution in [0.15, 0.2) is 35.3 Å². The van der Waals surface area contributed by atoms with E-state index in [2.05, 4.69) is 30.3 Å². The van der Waals surface area contributed by atoms with E-state index in [4.69, 9.17) is 0 Å². The highest BCUT2D eigenvalue weighted by Gasteiger charge is 2.33. The Bertz CT molecular complexity index is 1090. The second-order valence-corrected chi connectivity index (χ2v) is 7.23. The van der Waals surface area contributed by atoms with Crippen molar-refractivity contribution < 1.29 is 17.9 Å². The van der Waals surface area contributed by atoms with E-state index in [1.807, 2.05) is 0 Å². The molecule has 1 aromatic carbocycles. The largest absolute Gasteiger partial charge is 0.573 e. The summed E-state index contributed by atoms with van der Waals surface area (Å²) in [5.41, 5.74) is 0.416. The van der Waals surface area contributed by atoms with Crippen LogP contribution in [0.2, 0.25) is 0 Å². The van der Waals surface area contributed by atoms with E-state index >= 15 is 0 Å². The zero-order valence-corrected chi connectivity index (χ0v) is 16.2. The molecule has 11 heteroatoms. The topological polar surface area (TPSA) is 96.9 Å². The molecule has 0 radical (unpaired) electrons. The van der Waals surface area contributed by atoms with Gasteiger partial charge in [-0.25, -0.2) is 9.78 Å². The zero-order valence-electron chi connectivity index (χ0n) is 16.2. The van der Waals surface area contributed by atoms with Crippen molar-refractivity contribution in [3.63, 3.8) is 0 Å². The zero-order chi connectivity index (χ0) is 21.3. The summed E-state index contributed by atoms with van der Waals surface area (Å²) in [6.07, 6.45) is -2.30. The highest BCUT2D eigenvalue weighted by Crippen LogP contribution is 2.32. The average molecular weight is 422 g/mol. The maximum atomic E-state index is 12.8. The standard InChI is InChI=1S/C19H21F3N6O2/c1-11(13-4-2-3-5-15(13)30-19(20,21)22)28-16-14(26-18(28)29)10-25-17(27-16)24-9-12-6-7-23-8-12/h2-5,10-12,23H,6-9H2,1H3,(H,26,29)(H,24,25,27)/t11-,12-/m1/s1. The minimum Gasteiger partial charge on any atom is -0.405 e. The van der Waals surface area contributed by atoms with Crippen LogP contribution in [0.3, 0.4) is 0 Å². The normalized spacial score (nSPS) is 17.9. The van der Waals surface area contributed by atoms with Crippen molar-refractivity contribution in [2.45, 2.75) is 25.7 Å². The number of hydrogen-bond donors (Lipinski definition) is 3. The second kappa shape index (κ2) is 7.98. The number of nitrogens with one attached hydrogen (secondary N) is 3. The predicted octanol–water partition coefficient (Wildman–Crippen LogP) is 2.65. The summed E-state index contributed by atoms with van der Waals surface area (Å²) in [4.78, 5) is 23.9. The van der Waals surface area contributed by atoms with E-state index in [0.29, 0.717) is 29.6 Å². The van der Waals surface area contributed by atoms with E-state index in [9.17, 15) is 18.0 Å². The summed E-state index contributed by atoms with van der Waals surface area (Å²) < 4.78 is 43.8. The van der Waals surface area contributed by atoms with Gasteiger partial charge < -0.3 is 20.4 Å². The van der Waals surface area contributed by atoms with Crippen LogP contribution in [0.1, 0.15) is 24.9 Å². The number of para-hydroxylation sites is 1. The Morgan fingerprint density at radius 1 is 1.37 bits per heavy atom. The Hall–Kier alpha value is -3.08. The van der Waals surface area contributed by atoms with Gasteiger partial charge >= 0.3 is 12.1 Å². The van der Waals surface area contributed by atoms with Crippen molar-refractivity contribution in [1.29, 1.82) is 0 Å². The molecule has 2 aromatic heterocycles. The molecule has 3 heterocycles. The van der Waals surface area contributed by atoms with E-state index in [1.165, 1.54) is 29.0 Å². The molecule has 0 unspecified atom stereocenters. The maximum absolute atomic E-state index is 12.8. The van der Waals surface area contributed by atoms with Gasteiger partial charge in [-0.05, 0) is 38.4 Å². The number of aromatic amines is 1. The Labute approximate surface area is 169 Å². The number of aromatic nitrogens is 4. The quantitative estimate of drug-likeness (QED) is 0.565. The van der Waals surface area contributed by atoms with Gasteiger partial charge in [0.15, 0.2) is 5.65 Å². The molecule has 160 valence electrons. The van der Waals surface area contributed by atoms with E-state index in [-0.39, 0.29) is 11.3 Å². The van der Waals surface area contributed by atoms with E-state index in [1.54, 1.807) is 13.0 Å². The number of imidazole rings is 1. The first-order chi connectivity index (χ1) is 14.3. The summed E-state index contributed by atoms with van der Waals surface area (Å²) in [6.45, 7) is 4.19. The van der Waals surface area contributed by atoms with Gasteiger partial charge in [-0.15, -0.1) is 13.2 Å². The molecule has 1 aliphatic rings. The maximum Gasteiger partial charge on any atom is 0.573 e. The third-order valence-electron chi connectivity index (χ3n) is 5.15. The lowest BCUT2D eigenvalue weighted by Crippen LogP contribution is -2.24. The first-order valence-corrected chi connectivity index (χ1v) is 9.58. The summed E-state index contributed by atoms with van der Waals surface area (Å²) in [5, 5.41) is 6.45. The number of rotatable bonds is 6. The molecule has 3 N–H and O–H groups in total. The summed E-state index contributed by atoms with van der Waals surface area (Å²) in [6, 6.07) is 4.98. The Morgan fingerprint density at radius 3 is 2.90 bits per heavy atom. The summed E-state index contributed by atoms with van der Waals surface area (Å²) in [5.74, 6) is 0.456. The number of benzene rings is 1. The van der Waals surface area contributed by atoms with Gasteiger partial charge in [-0.2, -0.15) is 4.98 Å². The average Bonchev–Trinajstić information content (AvgIpc) is 3.31. The van der Waals surface area contributed by atoms with Crippen molar-refractivity contribution >= 4 is 17.1 Å². The molecular formula is C19H21F3N6O2. The summed E-state index contributed by atoms with van der Waals surface area (Å²) >= 11 is 0. The molecule has 30 heavy (non-hydrogen) atoms. The molecule has 4 rings (SSSR count). The van der Waals surface area contributed by atoms with Gasteiger partial charge in [0, 0.05) is 12.1 Å². The second-order valence-electron chi connectivity index (χ2n) is 7.23. The van der Waals surface area contributed by atoms with Crippen LogP contribution in [-0.4, -0.2) is 45.5 Å². The summed E-state index contributed by atoms with van der Waals surface area (Å²) in [7, 11) is 0. The fourth-order valence-corrected chi connectivity index (χ4v) is 3.67. The first-order valence-electron chi connectivity index (χ1n) is 9.58. The van der Waals surface area contributed by atoms with E-state index in [0.717, 1.165) is 19.5 Å². The predicted molar refractivity (Wildman–Crippen MR) is 105 cm³/mol. The molecular weight excluding hydrogens is 401 g/mol. The molecule has 8 nitrogen and oxygen atoms in total. The number of alkyl halides is 3. The molecule has 1 aliphatic heterocycles. The minimum atomic E-state index is -4.84. The monoisotopic (exact) mass is 422 g/mol. The highest BCUT2D eigenvalue weighted by atomic mass is 19.4. The minimum absolute atomic E-state index is 0.211. The van der Waals surface area contributed by atoms with Gasteiger partial charge in [0.2, 0.25) is 5.95 Å². The van der Waals surface area contributed by atoms with Gasteiger partial charge in [0.1, 0.15) is 11.3 Å². The van der Waals surface area contributed by atoms with Crippen molar-refractivity contribution in [2.24, 2.45) is 5.92 Å². The lowest BCUT2D eigenvalue weighted by Gasteiger charge is -2.19. The molecule has 0 amide bonds. The number of nitrogens with zero attached hydrogens (tertiary/aromatic N) is 3. The van der Waals surface area contributed by atoms with Crippen LogP contribution in [0.5, 0.6) is 5.75 Å². The molecule has 2 atom stereocenters. The van der Waals surface area contributed by atoms with Crippen LogP contribution < -0.4 is 21.1 Å². The molecule has 1 fully saturated rings. The van der Waals surface area contributed by atoms with Crippen molar-refractivity contribution in [1.82, 2.24) is 24.8 Å². The first kappa shape index (κ1) is 20.2. The lowest BCUT2D eigenvalue weighted by atomic mass is 10.1. The highest BCUT2D eigenvalue weighted by molar-refractivity contribution is 5.71. The van der Waals surface area contributed by atoms with Crippen LogP contribution >= 0.6 is 0 Å². The van der Waals surface area contributed by atoms with Crippen LogP contribution in [0.4, 0.5) is 19.1 Å². The number of anilines is 1. The van der Waals surface area contributed by atoms with Crippen molar-refractivity contribution in [3.05, 3.63) is 46.5 Å². The number of fused-ring (bicyclic) bond motifs is 1. The van der Waals surface area contributed by atoms with Gasteiger partial charge in [0.25, 0.3) is 0 Å². The molecule has 3 aromatic rings. The van der Waals surface area contributed by atoms with Crippen LogP contribution in [-0.2, 0) is 0 Å². The van der Waals surface area contributed by atoms with E-state index < -0.39 is 18.1 Å². The molecule has 0 aliphatic carbocycles. The van der Waals surface area contributed by atoms with Crippen LogP contribution in [0.25, 0.3) is 11.2 Å². The van der Waals surface area contributed by atoms with Crippen molar-refractivity contribution in [2.75, 3.05) is 25.0 Å². The Kier molecular flexibility index (Phi) is 5.37. The van der Waals surface area contributed by atoms with Gasteiger partial charge in [0.05, 0.1) is 12.2 Å². The molecule has 0 spiro atoms. The third kappa shape index (κ3) is 4.25. The van der Waals surface area contributed by atoms with Crippen LogP contribution in [0, 0.1) is 5.92 Å². The number of H-pyrrole nitrogens is 1. The Morgan fingerprint density at radius 2 is 2.17 bits per heavy atom. The molecule has 0 saturated carbocycles. The fourth-order valence-electron chi connectivity index (χ4n) is 3.67. The van der Waals surface area contributed by atoms with Gasteiger partial charge in [-0.1, -0.05) is 18.2 Å².